The van der Waals surface area contributed by atoms with Crippen LogP contribution >= 0.6 is 11.8 Å². The van der Waals surface area contributed by atoms with E-state index < -0.39 is 24.6 Å². The highest BCUT2D eigenvalue weighted by molar-refractivity contribution is 8.00. The molecule has 3 saturated heterocycles. The van der Waals surface area contributed by atoms with E-state index in [9.17, 15) is 15.3 Å². The van der Waals surface area contributed by atoms with E-state index in [1.165, 1.54) is 49.9 Å². The zero-order chi connectivity index (χ0) is 27.3. The van der Waals surface area contributed by atoms with Crippen molar-refractivity contribution in [2.24, 2.45) is 46.3 Å². The number of hydrogen-bond donors (Lipinski definition) is 3. The standard InChI is InChI=1S/C32H50O6S/c1-17-7-12-32(39-16-17)18(2)26-25(38-32)14-23-21-6-5-19-13-20(37-29-28(35)27(34)24(33)15-36-29)8-10-30(19,3)22(21)9-11-31(23,26)4/h5,17-18,20-29,33-35H,6-16H2,1-4H3/t17-,18+,20+,21-,22+,23+,24-,25+,26+,27+,28-,29+,30+,31+,32+/m1/s1. The third-order valence-corrected chi connectivity index (χ3v) is 15.0. The van der Waals surface area contributed by atoms with Crippen molar-refractivity contribution in [1.29, 1.82) is 0 Å². The monoisotopic (exact) mass is 562 g/mol. The summed E-state index contributed by atoms with van der Waals surface area (Å²) < 4.78 is 18.9. The minimum Gasteiger partial charge on any atom is -0.388 e. The molecule has 7 heteroatoms. The molecule has 7 aliphatic rings. The summed E-state index contributed by atoms with van der Waals surface area (Å²) in [5, 5.41) is 30.2. The molecule has 220 valence electrons. The van der Waals surface area contributed by atoms with Crippen LogP contribution in [-0.2, 0) is 14.2 Å². The number of allylic oxidation sites excluding steroid dienone is 1. The SMILES string of the molecule is C[C@@H]1CC[C@]2(O[C@H]3C[C@H]4[C@@H]5CC=C6C[C@@H](O[C@@H]7OC[C@@H](O)[C@H](O)[C@H]7O)CC[C@]6(C)[C@H]5CC[C@]4(C)[C@H]3[C@@H]2C)SC1. The fraction of sp³-hybridized carbons (Fsp3) is 0.938. The smallest absolute Gasteiger partial charge is 0.186 e. The molecule has 3 aliphatic heterocycles. The van der Waals surface area contributed by atoms with Crippen molar-refractivity contribution in [2.75, 3.05) is 12.4 Å². The number of aliphatic hydroxyl groups is 3. The molecule has 3 heterocycles. The molecule has 0 radical (unpaired) electrons. The van der Waals surface area contributed by atoms with Gasteiger partial charge >= 0.3 is 0 Å². The van der Waals surface area contributed by atoms with Crippen LogP contribution in [0.3, 0.4) is 0 Å². The minimum absolute atomic E-state index is 0.0107. The molecule has 0 unspecified atom stereocenters. The average molecular weight is 563 g/mol. The van der Waals surface area contributed by atoms with Gasteiger partial charge in [-0.3, -0.25) is 0 Å². The molecule has 6 fully saturated rings. The molecule has 0 aromatic heterocycles. The molecule has 0 amide bonds. The first-order chi connectivity index (χ1) is 18.6. The first-order valence-corrected chi connectivity index (χ1v) is 16.9. The van der Waals surface area contributed by atoms with Crippen LogP contribution in [0.25, 0.3) is 0 Å². The lowest BCUT2D eigenvalue weighted by atomic mass is 9.47. The summed E-state index contributed by atoms with van der Waals surface area (Å²) in [4.78, 5) is 0.0699. The topological polar surface area (TPSA) is 88.4 Å². The zero-order valence-electron chi connectivity index (χ0n) is 24.3. The molecule has 7 rings (SSSR count). The lowest BCUT2D eigenvalue weighted by Crippen LogP contribution is -2.55. The van der Waals surface area contributed by atoms with Crippen molar-refractivity contribution < 1.29 is 29.5 Å². The Hall–Kier alpha value is -0.150. The molecule has 3 saturated carbocycles. The third kappa shape index (κ3) is 4.11. The second-order valence-corrected chi connectivity index (χ2v) is 16.3. The highest BCUT2D eigenvalue weighted by Crippen LogP contribution is 2.71. The van der Waals surface area contributed by atoms with Crippen molar-refractivity contribution in [1.82, 2.24) is 0 Å². The summed E-state index contributed by atoms with van der Waals surface area (Å²) >= 11 is 2.14. The Morgan fingerprint density at radius 2 is 1.82 bits per heavy atom. The largest absolute Gasteiger partial charge is 0.388 e. The van der Waals surface area contributed by atoms with Crippen LogP contribution < -0.4 is 0 Å². The highest BCUT2D eigenvalue weighted by atomic mass is 32.2. The summed E-state index contributed by atoms with van der Waals surface area (Å²) in [7, 11) is 0. The molecule has 0 aromatic carbocycles. The molecule has 0 aromatic rings. The maximum atomic E-state index is 10.4. The second kappa shape index (κ2) is 9.68. The Morgan fingerprint density at radius 1 is 1.00 bits per heavy atom. The van der Waals surface area contributed by atoms with E-state index in [2.05, 4.69) is 45.5 Å². The van der Waals surface area contributed by atoms with Crippen LogP contribution in [-0.4, -0.2) is 69.4 Å². The van der Waals surface area contributed by atoms with Gasteiger partial charge in [-0.25, -0.2) is 0 Å². The fourth-order valence-corrected chi connectivity index (χ4v) is 12.4. The molecular formula is C32H50O6S. The van der Waals surface area contributed by atoms with Gasteiger partial charge in [0.1, 0.15) is 23.2 Å². The molecule has 39 heavy (non-hydrogen) atoms. The minimum atomic E-state index is -1.23. The van der Waals surface area contributed by atoms with E-state index in [1.54, 1.807) is 0 Å². The number of aliphatic hydroxyl groups excluding tert-OH is 3. The van der Waals surface area contributed by atoms with Crippen molar-refractivity contribution in [3.63, 3.8) is 0 Å². The molecule has 6 nitrogen and oxygen atoms in total. The third-order valence-electron chi connectivity index (χ3n) is 13.1. The van der Waals surface area contributed by atoms with Crippen LogP contribution in [0.15, 0.2) is 11.6 Å². The first kappa shape index (κ1) is 27.7. The van der Waals surface area contributed by atoms with Crippen LogP contribution in [0, 0.1) is 46.3 Å². The van der Waals surface area contributed by atoms with Crippen LogP contribution in [0.4, 0.5) is 0 Å². The Bertz CT molecular complexity index is 980. The molecule has 0 bridgehead atoms. The van der Waals surface area contributed by atoms with Gasteiger partial charge in [0.25, 0.3) is 0 Å². The van der Waals surface area contributed by atoms with Gasteiger partial charge in [-0.2, -0.15) is 0 Å². The predicted octanol–water partition coefficient (Wildman–Crippen LogP) is 4.89. The van der Waals surface area contributed by atoms with Gasteiger partial charge in [-0.15, -0.1) is 11.8 Å². The predicted molar refractivity (Wildman–Crippen MR) is 151 cm³/mol. The van der Waals surface area contributed by atoms with Gasteiger partial charge in [0.15, 0.2) is 6.29 Å². The van der Waals surface area contributed by atoms with Crippen molar-refractivity contribution in [3.05, 3.63) is 11.6 Å². The van der Waals surface area contributed by atoms with Gasteiger partial charge in [0.05, 0.1) is 18.8 Å². The first-order valence-electron chi connectivity index (χ1n) is 15.9. The number of ether oxygens (including phenoxy) is 3. The van der Waals surface area contributed by atoms with Crippen LogP contribution in [0.1, 0.15) is 85.5 Å². The summed E-state index contributed by atoms with van der Waals surface area (Å²) in [6.07, 6.45) is 9.10. The molecule has 15 atom stereocenters. The Kier molecular flexibility index (Phi) is 6.87. The van der Waals surface area contributed by atoms with E-state index in [0.717, 1.165) is 42.9 Å². The Labute approximate surface area is 238 Å². The van der Waals surface area contributed by atoms with E-state index in [0.29, 0.717) is 23.4 Å². The maximum Gasteiger partial charge on any atom is 0.186 e. The lowest BCUT2D eigenvalue weighted by Gasteiger charge is -2.58. The Morgan fingerprint density at radius 3 is 2.59 bits per heavy atom. The zero-order valence-corrected chi connectivity index (χ0v) is 25.1. The lowest BCUT2D eigenvalue weighted by molar-refractivity contribution is -0.284. The number of rotatable bonds is 2. The highest BCUT2D eigenvalue weighted by Gasteiger charge is 2.68. The normalized spacial score (nSPS) is 58.8. The summed E-state index contributed by atoms with van der Waals surface area (Å²) in [5.41, 5.74) is 2.14. The summed E-state index contributed by atoms with van der Waals surface area (Å²) in [6.45, 7) is 10.1. The summed E-state index contributed by atoms with van der Waals surface area (Å²) in [6, 6.07) is 0. The van der Waals surface area contributed by atoms with Crippen molar-refractivity contribution >= 4 is 11.8 Å². The molecule has 4 aliphatic carbocycles. The average Bonchev–Trinajstić information content (AvgIpc) is 3.36. The Balaban J connectivity index is 1.06. The number of thioether (sulfide) groups is 1. The van der Waals surface area contributed by atoms with Gasteiger partial charge in [0, 0.05) is 5.92 Å². The second-order valence-electron chi connectivity index (χ2n) is 15.0. The molecule has 3 N–H and O–H groups in total. The van der Waals surface area contributed by atoms with Crippen LogP contribution in [0.5, 0.6) is 0 Å². The van der Waals surface area contributed by atoms with Crippen LogP contribution in [0.2, 0.25) is 0 Å². The van der Waals surface area contributed by atoms with E-state index in [-0.39, 0.29) is 23.1 Å². The fourth-order valence-electron chi connectivity index (χ4n) is 10.8. The molecule has 1 spiro atoms. The van der Waals surface area contributed by atoms with E-state index >= 15 is 0 Å². The van der Waals surface area contributed by atoms with Gasteiger partial charge in [-0.1, -0.05) is 39.3 Å². The number of fused-ring (bicyclic) bond motifs is 7. The number of hydrogen-bond acceptors (Lipinski definition) is 7. The van der Waals surface area contributed by atoms with Gasteiger partial charge in [0.2, 0.25) is 0 Å². The van der Waals surface area contributed by atoms with E-state index in [1.807, 2.05) is 0 Å². The summed E-state index contributed by atoms with van der Waals surface area (Å²) in [5.74, 6) is 5.62. The maximum absolute atomic E-state index is 10.4. The van der Waals surface area contributed by atoms with E-state index in [4.69, 9.17) is 14.2 Å². The van der Waals surface area contributed by atoms with Crippen molar-refractivity contribution in [2.45, 2.75) is 127 Å². The quantitative estimate of drug-likeness (QED) is 0.413. The van der Waals surface area contributed by atoms with Gasteiger partial charge < -0.3 is 29.5 Å². The molecular weight excluding hydrogens is 512 g/mol. The van der Waals surface area contributed by atoms with Gasteiger partial charge in [-0.05, 0) is 104 Å². The van der Waals surface area contributed by atoms with Crippen molar-refractivity contribution in [3.8, 4) is 0 Å².